The Balaban J connectivity index is 3.13. The van der Waals surface area contributed by atoms with E-state index in [0.29, 0.717) is 0 Å². The van der Waals surface area contributed by atoms with Crippen molar-refractivity contribution < 1.29 is 22.3 Å². The number of hydrogen-bond donors (Lipinski definition) is 1. The van der Waals surface area contributed by atoms with Gasteiger partial charge in [0, 0.05) is 5.02 Å². The van der Waals surface area contributed by atoms with E-state index in [4.69, 9.17) is 11.6 Å². The highest BCUT2D eigenvalue weighted by Gasteiger charge is 2.30. The lowest BCUT2D eigenvalue weighted by atomic mass is 10.1. The molecule has 0 radical (unpaired) electrons. The van der Waals surface area contributed by atoms with Crippen LogP contribution >= 0.6 is 11.6 Å². The van der Waals surface area contributed by atoms with Crippen LogP contribution in [-0.4, -0.2) is 27.5 Å². The minimum atomic E-state index is -4.19. The standard InChI is InChI=1S/C12H15ClFNO4S/c1-7(2)11(12(16)19-3)15-20(17,18)10-5-4-8(13)6-9(10)14/h4-7,11,15H,1-3H3. The first-order valence-electron chi connectivity index (χ1n) is 5.74. The molecule has 1 unspecified atom stereocenters. The molecule has 0 aliphatic rings. The zero-order valence-corrected chi connectivity index (χ0v) is 12.8. The third-order valence-corrected chi connectivity index (χ3v) is 4.30. The molecule has 1 rings (SSSR count). The predicted molar refractivity (Wildman–Crippen MR) is 72.4 cm³/mol. The fourth-order valence-electron chi connectivity index (χ4n) is 1.51. The van der Waals surface area contributed by atoms with Crippen LogP contribution in [0, 0.1) is 11.7 Å². The van der Waals surface area contributed by atoms with Crippen LogP contribution < -0.4 is 4.72 Å². The molecule has 8 heteroatoms. The Labute approximate surface area is 122 Å². The summed E-state index contributed by atoms with van der Waals surface area (Å²) >= 11 is 5.57. The summed E-state index contributed by atoms with van der Waals surface area (Å²) in [5.74, 6) is -2.08. The number of halogens is 2. The Bertz CT molecular complexity index is 603. The van der Waals surface area contributed by atoms with E-state index in [2.05, 4.69) is 9.46 Å². The van der Waals surface area contributed by atoms with E-state index in [0.717, 1.165) is 19.2 Å². The van der Waals surface area contributed by atoms with Crippen LogP contribution in [0.25, 0.3) is 0 Å². The van der Waals surface area contributed by atoms with Crippen molar-refractivity contribution in [1.82, 2.24) is 4.72 Å². The van der Waals surface area contributed by atoms with Gasteiger partial charge in [0.05, 0.1) is 7.11 Å². The van der Waals surface area contributed by atoms with Gasteiger partial charge in [0.2, 0.25) is 10.0 Å². The highest BCUT2D eigenvalue weighted by molar-refractivity contribution is 7.89. The summed E-state index contributed by atoms with van der Waals surface area (Å²) in [6.45, 7) is 3.28. The van der Waals surface area contributed by atoms with Gasteiger partial charge in [-0.15, -0.1) is 0 Å². The summed E-state index contributed by atoms with van der Waals surface area (Å²) in [6.07, 6.45) is 0. The van der Waals surface area contributed by atoms with Crippen molar-refractivity contribution in [2.45, 2.75) is 24.8 Å². The molecule has 0 amide bonds. The van der Waals surface area contributed by atoms with E-state index < -0.39 is 32.7 Å². The maximum absolute atomic E-state index is 13.7. The quantitative estimate of drug-likeness (QED) is 0.841. The lowest BCUT2D eigenvalue weighted by molar-refractivity contribution is -0.143. The molecule has 0 saturated heterocycles. The van der Waals surface area contributed by atoms with Crippen LogP contribution in [0.4, 0.5) is 4.39 Å². The molecule has 0 aliphatic carbocycles. The zero-order valence-electron chi connectivity index (χ0n) is 11.2. The normalized spacial score (nSPS) is 13.3. The Morgan fingerprint density at radius 2 is 2.00 bits per heavy atom. The monoisotopic (exact) mass is 323 g/mol. The van der Waals surface area contributed by atoms with Crippen molar-refractivity contribution in [3.05, 3.63) is 29.0 Å². The van der Waals surface area contributed by atoms with E-state index in [-0.39, 0.29) is 10.9 Å². The first-order valence-corrected chi connectivity index (χ1v) is 7.60. The number of benzene rings is 1. The maximum Gasteiger partial charge on any atom is 0.324 e. The zero-order chi connectivity index (χ0) is 15.5. The Morgan fingerprint density at radius 1 is 1.40 bits per heavy atom. The highest BCUT2D eigenvalue weighted by atomic mass is 35.5. The molecule has 20 heavy (non-hydrogen) atoms. The smallest absolute Gasteiger partial charge is 0.324 e. The van der Waals surface area contributed by atoms with Gasteiger partial charge >= 0.3 is 5.97 Å². The molecule has 0 heterocycles. The molecular formula is C12H15ClFNO4S. The molecule has 0 saturated carbocycles. The summed E-state index contributed by atoms with van der Waals surface area (Å²) in [7, 11) is -3.04. The number of rotatable bonds is 5. The second-order valence-electron chi connectivity index (χ2n) is 4.44. The van der Waals surface area contributed by atoms with Gasteiger partial charge < -0.3 is 4.74 Å². The Hall–Kier alpha value is -1.18. The fourth-order valence-corrected chi connectivity index (χ4v) is 3.06. The molecule has 1 atom stereocenters. The van der Waals surface area contributed by atoms with E-state index >= 15 is 0 Å². The first kappa shape index (κ1) is 16.9. The van der Waals surface area contributed by atoms with Crippen molar-refractivity contribution >= 4 is 27.6 Å². The Morgan fingerprint density at radius 3 is 2.45 bits per heavy atom. The number of carbonyl (C=O) groups is 1. The number of methoxy groups -OCH3 is 1. The third-order valence-electron chi connectivity index (χ3n) is 2.59. The molecule has 112 valence electrons. The largest absolute Gasteiger partial charge is 0.468 e. The SMILES string of the molecule is COC(=O)C(NS(=O)(=O)c1ccc(Cl)cc1F)C(C)C. The van der Waals surface area contributed by atoms with Crippen LogP contribution in [0.1, 0.15) is 13.8 Å². The van der Waals surface area contributed by atoms with Gasteiger partial charge in [0.25, 0.3) is 0 Å². The molecule has 0 fully saturated rings. The second kappa shape index (κ2) is 6.51. The molecule has 0 bridgehead atoms. The number of hydrogen-bond acceptors (Lipinski definition) is 4. The number of nitrogens with one attached hydrogen (secondary N) is 1. The van der Waals surface area contributed by atoms with Gasteiger partial charge in [-0.3, -0.25) is 4.79 Å². The third kappa shape index (κ3) is 3.91. The van der Waals surface area contributed by atoms with Gasteiger partial charge in [-0.2, -0.15) is 4.72 Å². The van der Waals surface area contributed by atoms with Crippen molar-refractivity contribution in [3.8, 4) is 0 Å². The summed E-state index contributed by atoms with van der Waals surface area (Å²) in [5, 5.41) is 0.0785. The van der Waals surface area contributed by atoms with Crippen molar-refractivity contribution in [2.24, 2.45) is 5.92 Å². The minimum Gasteiger partial charge on any atom is -0.468 e. The molecule has 1 aromatic carbocycles. The van der Waals surface area contributed by atoms with Crippen molar-refractivity contribution in [2.75, 3.05) is 7.11 Å². The molecular weight excluding hydrogens is 309 g/mol. The van der Waals surface area contributed by atoms with Gasteiger partial charge in [0.1, 0.15) is 16.8 Å². The molecule has 0 aliphatic heterocycles. The van der Waals surface area contributed by atoms with Gasteiger partial charge in [-0.05, 0) is 24.1 Å². The lowest BCUT2D eigenvalue weighted by Crippen LogP contribution is -2.45. The topological polar surface area (TPSA) is 72.5 Å². The fraction of sp³-hybridized carbons (Fsp3) is 0.417. The predicted octanol–water partition coefficient (Wildman–Crippen LogP) is 1.95. The number of sulfonamides is 1. The van der Waals surface area contributed by atoms with E-state index in [1.807, 2.05) is 0 Å². The van der Waals surface area contributed by atoms with Crippen LogP contribution in [0.3, 0.4) is 0 Å². The number of esters is 1. The second-order valence-corrected chi connectivity index (χ2v) is 6.56. The van der Waals surface area contributed by atoms with Gasteiger partial charge in [-0.25, -0.2) is 12.8 Å². The minimum absolute atomic E-state index is 0.0785. The van der Waals surface area contributed by atoms with Crippen LogP contribution in [-0.2, 0) is 19.6 Å². The lowest BCUT2D eigenvalue weighted by Gasteiger charge is -2.19. The Kier molecular flexibility index (Phi) is 5.50. The summed E-state index contributed by atoms with van der Waals surface area (Å²) < 4.78 is 44.5. The van der Waals surface area contributed by atoms with E-state index in [1.165, 1.54) is 6.07 Å². The van der Waals surface area contributed by atoms with Crippen LogP contribution in [0.2, 0.25) is 5.02 Å². The van der Waals surface area contributed by atoms with Crippen LogP contribution in [0.5, 0.6) is 0 Å². The van der Waals surface area contributed by atoms with Gasteiger partial charge in [0.15, 0.2) is 0 Å². The first-order chi connectivity index (χ1) is 9.19. The van der Waals surface area contributed by atoms with Crippen LogP contribution in [0.15, 0.2) is 23.1 Å². The summed E-state index contributed by atoms with van der Waals surface area (Å²) in [4.78, 5) is 11.0. The van der Waals surface area contributed by atoms with E-state index in [9.17, 15) is 17.6 Å². The molecule has 1 aromatic rings. The maximum atomic E-state index is 13.7. The highest BCUT2D eigenvalue weighted by Crippen LogP contribution is 2.20. The number of carbonyl (C=O) groups excluding carboxylic acids is 1. The average Bonchev–Trinajstić information content (AvgIpc) is 2.34. The van der Waals surface area contributed by atoms with Crippen molar-refractivity contribution in [1.29, 1.82) is 0 Å². The molecule has 5 nitrogen and oxygen atoms in total. The average molecular weight is 324 g/mol. The molecule has 0 spiro atoms. The van der Waals surface area contributed by atoms with Crippen molar-refractivity contribution in [3.63, 3.8) is 0 Å². The molecule has 0 aromatic heterocycles. The number of ether oxygens (including phenoxy) is 1. The van der Waals surface area contributed by atoms with E-state index in [1.54, 1.807) is 13.8 Å². The summed E-state index contributed by atoms with van der Waals surface area (Å²) in [6, 6.07) is 2.08. The van der Waals surface area contributed by atoms with Gasteiger partial charge in [-0.1, -0.05) is 25.4 Å². The summed E-state index contributed by atoms with van der Waals surface area (Å²) in [5.41, 5.74) is 0. The molecule has 1 N–H and O–H groups in total.